The van der Waals surface area contributed by atoms with Crippen LogP contribution >= 0.6 is 11.8 Å². The lowest BCUT2D eigenvalue weighted by atomic mass is 9.77. The van der Waals surface area contributed by atoms with Crippen LogP contribution in [0.15, 0.2) is 27.5 Å². The second kappa shape index (κ2) is 8.11. The Morgan fingerprint density at radius 3 is 2.96 bits per heavy atom. The summed E-state index contributed by atoms with van der Waals surface area (Å²) in [4.78, 5) is 31.5. The Kier molecular flexibility index (Phi) is 5.57. The van der Waals surface area contributed by atoms with Gasteiger partial charge in [0, 0.05) is 36.8 Å². The summed E-state index contributed by atoms with van der Waals surface area (Å²) in [7, 11) is 0. The summed E-state index contributed by atoms with van der Waals surface area (Å²) in [5, 5.41) is 3.77. The largest absolute Gasteiger partial charge is 0.341 e. The van der Waals surface area contributed by atoms with E-state index in [0.717, 1.165) is 31.5 Å². The van der Waals surface area contributed by atoms with E-state index in [9.17, 15) is 9.59 Å². The number of nitrogens with zero attached hydrogens (tertiary/aromatic N) is 4. The van der Waals surface area contributed by atoms with Gasteiger partial charge in [-0.25, -0.2) is 0 Å². The van der Waals surface area contributed by atoms with Gasteiger partial charge in [0.2, 0.25) is 11.8 Å². The minimum Gasteiger partial charge on any atom is -0.341 e. The van der Waals surface area contributed by atoms with Crippen molar-refractivity contribution < 1.29 is 9.32 Å². The zero-order valence-electron chi connectivity index (χ0n) is 16.3. The van der Waals surface area contributed by atoms with E-state index in [1.807, 2.05) is 15.5 Å². The first-order chi connectivity index (χ1) is 13.6. The normalized spacial score (nSPS) is 23.5. The molecule has 150 valence electrons. The van der Waals surface area contributed by atoms with Gasteiger partial charge < -0.3 is 14.0 Å². The predicted molar refractivity (Wildman–Crippen MR) is 107 cm³/mol. The van der Waals surface area contributed by atoms with Crippen LogP contribution in [0.3, 0.4) is 0 Å². The highest BCUT2D eigenvalue weighted by Crippen LogP contribution is 2.42. The molecule has 1 saturated heterocycles. The summed E-state index contributed by atoms with van der Waals surface area (Å²) in [6, 6.07) is 5.76. The number of thioether (sulfide) groups is 1. The van der Waals surface area contributed by atoms with Crippen LogP contribution in [0.1, 0.15) is 55.6 Å². The van der Waals surface area contributed by atoms with Gasteiger partial charge in [-0.15, -0.1) is 11.8 Å². The molecule has 2 aromatic heterocycles. The predicted octanol–water partition coefficient (Wildman–Crippen LogP) is 2.76. The van der Waals surface area contributed by atoms with E-state index in [-0.39, 0.29) is 23.4 Å². The van der Waals surface area contributed by atoms with Gasteiger partial charge in [-0.3, -0.25) is 9.59 Å². The lowest BCUT2D eigenvalue weighted by molar-refractivity contribution is -0.131. The number of hydrogen-bond acceptors (Lipinski definition) is 6. The topological polar surface area (TPSA) is 81.2 Å². The molecule has 2 aromatic rings. The second-order valence-corrected chi connectivity index (χ2v) is 8.72. The summed E-state index contributed by atoms with van der Waals surface area (Å²) >= 11 is 1.51. The number of carbonyl (C=O) groups excluding carboxylic acids is 1. The van der Waals surface area contributed by atoms with Crippen molar-refractivity contribution in [3.8, 4) is 0 Å². The maximum Gasteiger partial charge on any atom is 0.250 e. The highest BCUT2D eigenvalue weighted by Gasteiger charge is 2.41. The number of carbonyl (C=O) groups is 1. The Bertz CT molecular complexity index is 909. The third-order valence-electron chi connectivity index (χ3n) is 5.76. The third-order valence-corrected chi connectivity index (χ3v) is 6.66. The summed E-state index contributed by atoms with van der Waals surface area (Å²) in [5.74, 6) is 2.86. The fraction of sp³-hybridized carbons (Fsp3) is 0.600. The van der Waals surface area contributed by atoms with Crippen LogP contribution in [-0.2, 0) is 10.5 Å². The Morgan fingerprint density at radius 2 is 2.21 bits per heavy atom. The molecule has 2 aliphatic heterocycles. The Hall–Kier alpha value is -2.09. The molecule has 0 unspecified atom stereocenters. The van der Waals surface area contributed by atoms with Crippen molar-refractivity contribution in [2.75, 3.05) is 18.8 Å². The Morgan fingerprint density at radius 1 is 1.36 bits per heavy atom. The van der Waals surface area contributed by atoms with Crippen molar-refractivity contribution in [1.29, 1.82) is 0 Å². The fourth-order valence-corrected chi connectivity index (χ4v) is 5.38. The Balaban J connectivity index is 1.45. The number of aromatic nitrogens is 3. The molecule has 4 heterocycles. The van der Waals surface area contributed by atoms with Crippen LogP contribution in [0, 0.1) is 12.8 Å². The number of rotatable bonds is 6. The average molecular weight is 403 g/mol. The smallest absolute Gasteiger partial charge is 0.250 e. The number of hydrogen-bond donors (Lipinski definition) is 0. The van der Waals surface area contributed by atoms with Gasteiger partial charge in [0.15, 0.2) is 5.82 Å². The monoisotopic (exact) mass is 402 g/mol. The van der Waals surface area contributed by atoms with E-state index in [1.165, 1.54) is 11.8 Å². The quantitative estimate of drug-likeness (QED) is 0.739. The van der Waals surface area contributed by atoms with Crippen LogP contribution in [0.25, 0.3) is 0 Å². The van der Waals surface area contributed by atoms with E-state index in [1.54, 1.807) is 13.0 Å². The van der Waals surface area contributed by atoms with E-state index in [2.05, 4.69) is 23.1 Å². The molecule has 0 spiro atoms. The SMILES string of the molecule is CCC[C@H]1[C@H]2C[C@H](CN(C(=O)CSCc3nc(C)no3)C2)c2cccc(=O)n21. The minimum atomic E-state index is 0.0934. The van der Waals surface area contributed by atoms with Crippen molar-refractivity contribution in [2.24, 2.45) is 5.92 Å². The van der Waals surface area contributed by atoms with Crippen molar-refractivity contribution in [1.82, 2.24) is 19.6 Å². The second-order valence-electron chi connectivity index (χ2n) is 7.73. The van der Waals surface area contributed by atoms with Gasteiger partial charge in [0.1, 0.15) is 0 Å². The van der Waals surface area contributed by atoms with E-state index in [0.29, 0.717) is 35.7 Å². The van der Waals surface area contributed by atoms with Crippen LogP contribution in [0.2, 0.25) is 0 Å². The van der Waals surface area contributed by atoms with Gasteiger partial charge in [-0.2, -0.15) is 4.98 Å². The van der Waals surface area contributed by atoms with E-state index in [4.69, 9.17) is 4.52 Å². The first-order valence-corrected chi connectivity index (χ1v) is 11.1. The summed E-state index contributed by atoms with van der Waals surface area (Å²) in [5.41, 5.74) is 1.18. The van der Waals surface area contributed by atoms with E-state index >= 15 is 0 Å². The molecule has 0 radical (unpaired) electrons. The molecule has 8 heteroatoms. The number of piperidine rings is 1. The van der Waals surface area contributed by atoms with Crippen LogP contribution < -0.4 is 5.56 Å². The average Bonchev–Trinajstić information content (AvgIpc) is 3.10. The lowest BCUT2D eigenvalue weighted by Gasteiger charge is -2.47. The molecule has 4 rings (SSSR count). The van der Waals surface area contributed by atoms with Gasteiger partial charge in [0.25, 0.3) is 5.56 Å². The van der Waals surface area contributed by atoms with E-state index < -0.39 is 0 Å². The first-order valence-electron chi connectivity index (χ1n) is 9.93. The molecule has 1 amide bonds. The van der Waals surface area contributed by atoms with Crippen LogP contribution in [-0.4, -0.2) is 44.4 Å². The van der Waals surface area contributed by atoms with Gasteiger partial charge in [-0.1, -0.05) is 24.6 Å². The molecule has 0 N–H and O–H groups in total. The molecule has 28 heavy (non-hydrogen) atoms. The molecule has 0 aromatic carbocycles. The zero-order chi connectivity index (χ0) is 19.7. The molecule has 2 bridgehead atoms. The number of likely N-dealkylation sites (tertiary alicyclic amines) is 1. The van der Waals surface area contributed by atoms with Crippen LogP contribution in [0.5, 0.6) is 0 Å². The standard InChI is InChI=1S/C20H26N4O3S/c1-3-5-16-14-8-15(17-6-4-7-19(25)24(16)17)10-23(9-14)20(26)12-28-11-18-21-13(2)22-27-18/h4,6-7,14-16H,3,5,8-12H2,1-2H3/t14-,15+,16-/m0/s1. The number of aryl methyl sites for hydroxylation is 1. The molecule has 7 nitrogen and oxygen atoms in total. The lowest BCUT2D eigenvalue weighted by Crippen LogP contribution is -2.51. The minimum absolute atomic E-state index is 0.0934. The molecule has 0 saturated carbocycles. The third kappa shape index (κ3) is 3.74. The number of pyridine rings is 1. The maximum atomic E-state index is 12.8. The van der Waals surface area contributed by atoms with Crippen molar-refractivity contribution >= 4 is 17.7 Å². The molecule has 0 aliphatic carbocycles. The molecule has 1 fully saturated rings. The Labute approximate surface area is 168 Å². The summed E-state index contributed by atoms with van der Waals surface area (Å²) < 4.78 is 7.11. The fourth-order valence-electron chi connectivity index (χ4n) is 4.63. The van der Waals surface area contributed by atoms with Crippen molar-refractivity contribution in [3.63, 3.8) is 0 Å². The molecular weight excluding hydrogens is 376 g/mol. The van der Waals surface area contributed by atoms with Gasteiger partial charge >= 0.3 is 0 Å². The number of fused-ring (bicyclic) bond motifs is 4. The first kappa shape index (κ1) is 19.2. The van der Waals surface area contributed by atoms with Gasteiger partial charge in [0.05, 0.1) is 11.5 Å². The van der Waals surface area contributed by atoms with Gasteiger partial charge in [-0.05, 0) is 31.7 Å². The highest BCUT2D eigenvalue weighted by atomic mass is 32.2. The van der Waals surface area contributed by atoms with Crippen LogP contribution in [0.4, 0.5) is 0 Å². The zero-order valence-corrected chi connectivity index (χ0v) is 17.2. The molecule has 2 aliphatic rings. The van der Waals surface area contributed by atoms with Crippen molar-refractivity contribution in [3.05, 3.63) is 46.0 Å². The van der Waals surface area contributed by atoms with Crippen molar-refractivity contribution in [2.45, 2.75) is 50.8 Å². The maximum absolute atomic E-state index is 12.8. The molecule has 3 atom stereocenters. The highest BCUT2D eigenvalue weighted by molar-refractivity contribution is 7.99. The number of amides is 1. The summed E-state index contributed by atoms with van der Waals surface area (Å²) in [6.07, 6.45) is 3.06. The summed E-state index contributed by atoms with van der Waals surface area (Å²) in [6.45, 7) is 5.37. The molecular formula is C20H26N4O3S.